The van der Waals surface area contributed by atoms with Gasteiger partial charge in [0.05, 0.1) is 16.3 Å². The van der Waals surface area contributed by atoms with Gasteiger partial charge in [-0.05, 0) is 12.1 Å². The van der Waals surface area contributed by atoms with Crippen molar-refractivity contribution in [3.63, 3.8) is 0 Å². The molecule has 0 bridgehead atoms. The third-order valence-corrected chi connectivity index (χ3v) is 2.94. The lowest BCUT2D eigenvalue weighted by Crippen LogP contribution is -2.13. The summed E-state index contributed by atoms with van der Waals surface area (Å²) in [5.74, 6) is -5.13. The molecular weight excluding hydrogens is 293 g/mol. The van der Waals surface area contributed by atoms with Crippen molar-refractivity contribution in [2.75, 3.05) is 11.1 Å². The molecule has 0 saturated carbocycles. The Morgan fingerprint density at radius 2 is 1.75 bits per heavy atom. The van der Waals surface area contributed by atoms with E-state index in [1.165, 1.54) is 18.2 Å². The maximum atomic E-state index is 13.0. The van der Waals surface area contributed by atoms with Crippen molar-refractivity contribution in [2.45, 2.75) is 0 Å². The fourth-order valence-electron chi connectivity index (χ4n) is 1.55. The summed E-state index contributed by atoms with van der Waals surface area (Å²) in [6.45, 7) is 0. The van der Waals surface area contributed by atoms with Gasteiger partial charge in [-0.2, -0.15) is 0 Å². The predicted octanol–water partition coefficient (Wildman–Crippen LogP) is 3.59. The molecule has 7 heteroatoms. The van der Waals surface area contributed by atoms with Gasteiger partial charge in [-0.3, -0.25) is 4.79 Å². The van der Waals surface area contributed by atoms with Gasteiger partial charge in [0.25, 0.3) is 5.91 Å². The van der Waals surface area contributed by atoms with Crippen LogP contribution >= 0.6 is 11.6 Å². The van der Waals surface area contributed by atoms with Crippen LogP contribution in [0.3, 0.4) is 0 Å². The molecule has 2 aromatic rings. The molecule has 0 aliphatic carbocycles. The minimum atomic E-state index is -1.61. The van der Waals surface area contributed by atoms with Crippen LogP contribution in [0.25, 0.3) is 0 Å². The van der Waals surface area contributed by atoms with Gasteiger partial charge in [-0.15, -0.1) is 0 Å². The summed E-state index contributed by atoms with van der Waals surface area (Å²) in [4.78, 5) is 11.9. The van der Waals surface area contributed by atoms with E-state index in [9.17, 15) is 18.0 Å². The summed E-state index contributed by atoms with van der Waals surface area (Å²) in [5, 5.41) is 2.23. The van der Waals surface area contributed by atoms with Crippen molar-refractivity contribution in [3.8, 4) is 0 Å². The molecule has 0 unspecified atom stereocenters. The molecule has 0 spiro atoms. The molecular formula is C13H8ClF3N2O. The highest BCUT2D eigenvalue weighted by Crippen LogP contribution is 2.24. The highest BCUT2D eigenvalue weighted by Gasteiger charge is 2.15. The summed E-state index contributed by atoms with van der Waals surface area (Å²) in [6, 6.07) is 5.72. The molecule has 2 rings (SSSR count). The first-order valence-electron chi connectivity index (χ1n) is 5.40. The summed E-state index contributed by atoms with van der Waals surface area (Å²) < 4.78 is 38.8. The number of halogens is 4. The average molecular weight is 301 g/mol. The number of nitrogen functional groups attached to an aromatic ring is 1. The van der Waals surface area contributed by atoms with Crippen LogP contribution in [0, 0.1) is 17.5 Å². The topological polar surface area (TPSA) is 55.1 Å². The molecule has 0 aliphatic heterocycles. The number of hydrogen-bond donors (Lipinski definition) is 2. The SMILES string of the molecule is Nc1cccc(C(=O)Nc2cc(F)c(F)c(F)c2)c1Cl. The van der Waals surface area contributed by atoms with Gasteiger partial charge in [-0.25, -0.2) is 13.2 Å². The Hall–Kier alpha value is -2.21. The summed E-state index contributed by atoms with van der Waals surface area (Å²) in [6.07, 6.45) is 0. The maximum Gasteiger partial charge on any atom is 0.257 e. The van der Waals surface area contributed by atoms with Gasteiger partial charge in [-0.1, -0.05) is 17.7 Å². The highest BCUT2D eigenvalue weighted by molar-refractivity contribution is 6.36. The van der Waals surface area contributed by atoms with Crippen molar-refractivity contribution >= 4 is 28.9 Å². The summed E-state index contributed by atoms with van der Waals surface area (Å²) in [7, 11) is 0. The van der Waals surface area contributed by atoms with Gasteiger partial charge in [0.2, 0.25) is 0 Å². The van der Waals surface area contributed by atoms with E-state index in [-0.39, 0.29) is 22.0 Å². The summed E-state index contributed by atoms with van der Waals surface area (Å²) >= 11 is 5.85. The van der Waals surface area contributed by atoms with Crippen LogP contribution in [0.15, 0.2) is 30.3 Å². The Morgan fingerprint density at radius 1 is 1.15 bits per heavy atom. The average Bonchev–Trinajstić information content (AvgIpc) is 2.39. The first-order valence-corrected chi connectivity index (χ1v) is 5.78. The molecule has 0 radical (unpaired) electrons. The number of hydrogen-bond acceptors (Lipinski definition) is 2. The van der Waals surface area contributed by atoms with Crippen molar-refractivity contribution in [2.24, 2.45) is 0 Å². The lowest BCUT2D eigenvalue weighted by Gasteiger charge is -2.08. The van der Waals surface area contributed by atoms with E-state index in [4.69, 9.17) is 17.3 Å². The molecule has 0 heterocycles. The van der Waals surface area contributed by atoms with E-state index in [1.807, 2.05) is 0 Å². The Bertz CT molecular complexity index is 668. The molecule has 3 N–H and O–H groups in total. The van der Waals surface area contributed by atoms with Gasteiger partial charge >= 0.3 is 0 Å². The minimum Gasteiger partial charge on any atom is -0.398 e. The van der Waals surface area contributed by atoms with E-state index < -0.39 is 23.4 Å². The fraction of sp³-hybridized carbons (Fsp3) is 0. The largest absolute Gasteiger partial charge is 0.398 e. The van der Waals surface area contributed by atoms with Gasteiger partial charge in [0, 0.05) is 17.8 Å². The van der Waals surface area contributed by atoms with Crippen molar-refractivity contribution in [3.05, 3.63) is 58.4 Å². The zero-order valence-electron chi connectivity index (χ0n) is 9.88. The third kappa shape index (κ3) is 2.70. The lowest BCUT2D eigenvalue weighted by atomic mass is 10.2. The number of amides is 1. The number of benzene rings is 2. The van der Waals surface area contributed by atoms with Gasteiger partial charge < -0.3 is 11.1 Å². The molecule has 3 nitrogen and oxygen atoms in total. The quantitative estimate of drug-likeness (QED) is 0.658. The molecule has 0 saturated heterocycles. The zero-order valence-corrected chi connectivity index (χ0v) is 10.6. The first kappa shape index (κ1) is 14.2. The maximum absolute atomic E-state index is 13.0. The molecule has 2 aromatic carbocycles. The Labute approximate surface area is 117 Å². The molecule has 0 atom stereocenters. The minimum absolute atomic E-state index is 0.0213. The normalized spacial score (nSPS) is 10.4. The number of rotatable bonds is 2. The Kier molecular flexibility index (Phi) is 3.85. The second-order valence-corrected chi connectivity index (χ2v) is 4.29. The van der Waals surface area contributed by atoms with Crippen LogP contribution < -0.4 is 11.1 Å². The van der Waals surface area contributed by atoms with E-state index in [0.29, 0.717) is 12.1 Å². The van der Waals surface area contributed by atoms with Crippen LogP contribution in [0.4, 0.5) is 24.5 Å². The van der Waals surface area contributed by atoms with E-state index in [0.717, 1.165) is 0 Å². The number of carbonyl (C=O) groups is 1. The fourth-order valence-corrected chi connectivity index (χ4v) is 1.76. The molecule has 104 valence electrons. The van der Waals surface area contributed by atoms with Crippen LogP contribution in [-0.2, 0) is 0 Å². The number of nitrogens with two attached hydrogens (primary N) is 1. The molecule has 20 heavy (non-hydrogen) atoms. The second kappa shape index (κ2) is 5.42. The number of nitrogens with one attached hydrogen (secondary N) is 1. The van der Waals surface area contributed by atoms with Gasteiger partial charge in [0.1, 0.15) is 0 Å². The van der Waals surface area contributed by atoms with E-state index >= 15 is 0 Å². The molecule has 0 aliphatic rings. The predicted molar refractivity (Wildman–Crippen MR) is 70.1 cm³/mol. The smallest absolute Gasteiger partial charge is 0.257 e. The number of carbonyl (C=O) groups excluding carboxylic acids is 1. The zero-order chi connectivity index (χ0) is 14.9. The molecule has 0 fully saturated rings. The van der Waals surface area contributed by atoms with Crippen LogP contribution in [0.1, 0.15) is 10.4 Å². The first-order chi connectivity index (χ1) is 9.40. The third-order valence-electron chi connectivity index (χ3n) is 2.51. The van der Waals surface area contributed by atoms with Crippen LogP contribution in [0.2, 0.25) is 5.02 Å². The van der Waals surface area contributed by atoms with Crippen LogP contribution in [-0.4, -0.2) is 5.91 Å². The van der Waals surface area contributed by atoms with Crippen molar-refractivity contribution < 1.29 is 18.0 Å². The van der Waals surface area contributed by atoms with Crippen molar-refractivity contribution in [1.82, 2.24) is 0 Å². The van der Waals surface area contributed by atoms with Crippen LogP contribution in [0.5, 0.6) is 0 Å². The Balaban J connectivity index is 2.30. The van der Waals surface area contributed by atoms with Gasteiger partial charge in [0.15, 0.2) is 17.5 Å². The monoisotopic (exact) mass is 300 g/mol. The summed E-state index contributed by atoms with van der Waals surface area (Å²) in [5.41, 5.74) is 5.54. The number of anilines is 2. The van der Waals surface area contributed by atoms with E-state index in [2.05, 4.69) is 5.32 Å². The Morgan fingerprint density at radius 3 is 2.35 bits per heavy atom. The lowest BCUT2D eigenvalue weighted by molar-refractivity contribution is 0.102. The second-order valence-electron chi connectivity index (χ2n) is 3.92. The molecule has 0 aromatic heterocycles. The van der Waals surface area contributed by atoms with Crippen molar-refractivity contribution in [1.29, 1.82) is 0 Å². The highest BCUT2D eigenvalue weighted by atomic mass is 35.5. The van der Waals surface area contributed by atoms with E-state index in [1.54, 1.807) is 0 Å². The molecule has 1 amide bonds. The standard InChI is InChI=1S/C13H8ClF3N2O/c14-11-7(2-1-3-10(11)18)13(20)19-6-4-8(15)12(17)9(16)5-6/h1-5H,18H2,(H,19,20).